The molecule has 0 aliphatic heterocycles. The minimum atomic E-state index is -0.659. The monoisotopic (exact) mass is 343 g/mol. The first kappa shape index (κ1) is 15.0. The number of ether oxygens (including phenoxy) is 1. The number of halogens is 2. The zero-order chi connectivity index (χ0) is 14.4. The number of furan rings is 1. The molecule has 2 aromatic rings. The van der Waals surface area contributed by atoms with Crippen molar-refractivity contribution in [3.8, 4) is 0 Å². The van der Waals surface area contributed by atoms with Gasteiger partial charge in [-0.1, -0.05) is 0 Å². The quantitative estimate of drug-likeness (QED) is 0.810. The van der Waals surface area contributed by atoms with Crippen LogP contribution < -0.4 is 5.32 Å². The zero-order valence-corrected chi connectivity index (χ0v) is 12.3. The lowest BCUT2D eigenvalue weighted by Gasteiger charge is -2.13. The van der Waals surface area contributed by atoms with E-state index in [4.69, 9.17) is 9.15 Å². The number of hydrogen-bond donors (Lipinski definition) is 2. The van der Waals surface area contributed by atoms with Crippen LogP contribution in [0.25, 0.3) is 0 Å². The molecule has 108 valence electrons. The fourth-order valence-corrected chi connectivity index (χ4v) is 1.97. The molecule has 2 rings (SSSR count). The van der Waals surface area contributed by atoms with Crippen molar-refractivity contribution in [2.24, 2.45) is 0 Å². The van der Waals surface area contributed by atoms with Gasteiger partial charge in [0, 0.05) is 12.2 Å². The van der Waals surface area contributed by atoms with Crippen LogP contribution in [-0.4, -0.2) is 24.4 Å². The molecule has 1 unspecified atom stereocenters. The van der Waals surface area contributed by atoms with Crippen LogP contribution in [0.4, 0.5) is 10.1 Å². The summed E-state index contributed by atoms with van der Waals surface area (Å²) in [5, 5.41) is 12.8. The van der Waals surface area contributed by atoms with Crippen LogP contribution in [0.3, 0.4) is 0 Å². The molecule has 1 aromatic heterocycles. The molecule has 1 aromatic carbocycles. The van der Waals surface area contributed by atoms with E-state index in [1.165, 1.54) is 6.07 Å². The van der Waals surface area contributed by atoms with E-state index in [1.54, 1.807) is 30.5 Å². The van der Waals surface area contributed by atoms with Gasteiger partial charge in [-0.05, 0) is 46.3 Å². The fourth-order valence-electron chi connectivity index (χ4n) is 1.59. The van der Waals surface area contributed by atoms with Crippen LogP contribution in [0.15, 0.2) is 45.5 Å². The lowest BCUT2D eigenvalue weighted by atomic mass is 10.3. The lowest BCUT2D eigenvalue weighted by molar-refractivity contribution is 0.0282. The molecule has 0 spiro atoms. The van der Waals surface area contributed by atoms with E-state index < -0.39 is 6.10 Å². The van der Waals surface area contributed by atoms with Crippen molar-refractivity contribution < 1.29 is 18.7 Å². The van der Waals surface area contributed by atoms with Gasteiger partial charge in [-0.3, -0.25) is 0 Å². The lowest BCUT2D eigenvalue weighted by Crippen LogP contribution is -2.24. The first-order valence-corrected chi connectivity index (χ1v) is 6.91. The molecular formula is C14H15BrFNO3. The maximum atomic E-state index is 13.0. The Hall–Kier alpha value is -1.37. The van der Waals surface area contributed by atoms with E-state index in [-0.39, 0.29) is 12.4 Å². The van der Waals surface area contributed by atoms with Crippen molar-refractivity contribution in [3.05, 3.63) is 52.6 Å². The average molecular weight is 344 g/mol. The highest BCUT2D eigenvalue weighted by molar-refractivity contribution is 9.10. The number of anilines is 1. The van der Waals surface area contributed by atoms with E-state index in [0.717, 1.165) is 5.69 Å². The Morgan fingerprint density at radius 3 is 2.95 bits per heavy atom. The van der Waals surface area contributed by atoms with Gasteiger partial charge in [0.05, 0.1) is 23.4 Å². The van der Waals surface area contributed by atoms with Crippen LogP contribution in [0.5, 0.6) is 0 Å². The highest BCUT2D eigenvalue weighted by Crippen LogP contribution is 2.19. The summed E-state index contributed by atoms with van der Waals surface area (Å²) in [6.07, 6.45) is 0.914. The first-order chi connectivity index (χ1) is 9.65. The summed E-state index contributed by atoms with van der Waals surface area (Å²) in [5.74, 6) is 0.394. The van der Waals surface area contributed by atoms with Crippen LogP contribution >= 0.6 is 15.9 Å². The summed E-state index contributed by atoms with van der Waals surface area (Å²) in [5.41, 5.74) is 0.725. The van der Waals surface area contributed by atoms with Crippen LogP contribution in [0, 0.1) is 5.82 Å². The molecule has 1 heterocycles. The molecule has 6 heteroatoms. The number of rotatable bonds is 7. The number of hydrogen-bond acceptors (Lipinski definition) is 4. The second-order valence-electron chi connectivity index (χ2n) is 4.26. The van der Waals surface area contributed by atoms with Crippen LogP contribution in [0.2, 0.25) is 0 Å². The van der Waals surface area contributed by atoms with Gasteiger partial charge in [-0.25, -0.2) is 4.39 Å². The zero-order valence-electron chi connectivity index (χ0n) is 10.7. The SMILES string of the molecule is OC(CNc1ccc(F)c(Br)c1)COCc1ccco1. The number of aliphatic hydroxyl groups excluding tert-OH is 1. The normalized spacial score (nSPS) is 12.3. The van der Waals surface area contributed by atoms with Crippen molar-refractivity contribution in [1.82, 2.24) is 0 Å². The Balaban J connectivity index is 1.69. The molecule has 0 amide bonds. The van der Waals surface area contributed by atoms with E-state index in [0.29, 0.717) is 23.4 Å². The fraction of sp³-hybridized carbons (Fsp3) is 0.286. The second-order valence-corrected chi connectivity index (χ2v) is 5.11. The van der Waals surface area contributed by atoms with Crippen LogP contribution in [-0.2, 0) is 11.3 Å². The summed E-state index contributed by atoms with van der Waals surface area (Å²) in [4.78, 5) is 0. The molecule has 2 N–H and O–H groups in total. The molecule has 4 nitrogen and oxygen atoms in total. The smallest absolute Gasteiger partial charge is 0.137 e. The third kappa shape index (κ3) is 4.63. The minimum Gasteiger partial charge on any atom is -0.467 e. The van der Waals surface area contributed by atoms with Crippen molar-refractivity contribution in [2.75, 3.05) is 18.5 Å². The Morgan fingerprint density at radius 2 is 2.25 bits per heavy atom. The van der Waals surface area contributed by atoms with Gasteiger partial charge in [0.25, 0.3) is 0 Å². The second kappa shape index (κ2) is 7.42. The van der Waals surface area contributed by atoms with Crippen molar-refractivity contribution in [3.63, 3.8) is 0 Å². The topological polar surface area (TPSA) is 54.6 Å². The van der Waals surface area contributed by atoms with Gasteiger partial charge in [-0.2, -0.15) is 0 Å². The predicted molar refractivity (Wildman–Crippen MR) is 77.0 cm³/mol. The Kier molecular flexibility index (Phi) is 5.58. The largest absolute Gasteiger partial charge is 0.467 e. The third-order valence-corrected chi connectivity index (χ3v) is 3.20. The van der Waals surface area contributed by atoms with Gasteiger partial charge in [-0.15, -0.1) is 0 Å². The number of benzene rings is 1. The van der Waals surface area contributed by atoms with Gasteiger partial charge >= 0.3 is 0 Å². The van der Waals surface area contributed by atoms with Gasteiger partial charge in [0.2, 0.25) is 0 Å². The molecular weight excluding hydrogens is 329 g/mol. The molecule has 1 atom stereocenters. The molecule has 0 fully saturated rings. The Labute approximate surface area is 124 Å². The maximum absolute atomic E-state index is 13.0. The predicted octanol–water partition coefficient (Wildman–Crippen LogP) is 3.17. The minimum absolute atomic E-state index is 0.191. The molecule has 0 bridgehead atoms. The molecule has 20 heavy (non-hydrogen) atoms. The first-order valence-electron chi connectivity index (χ1n) is 6.12. The van der Waals surface area contributed by atoms with Crippen molar-refractivity contribution in [2.45, 2.75) is 12.7 Å². The van der Waals surface area contributed by atoms with E-state index >= 15 is 0 Å². The highest BCUT2D eigenvalue weighted by Gasteiger charge is 2.06. The molecule has 0 aliphatic carbocycles. The summed E-state index contributed by atoms with van der Waals surface area (Å²) in [7, 11) is 0. The van der Waals surface area contributed by atoms with E-state index in [2.05, 4.69) is 21.2 Å². The summed E-state index contributed by atoms with van der Waals surface area (Å²) in [6.45, 7) is 0.832. The average Bonchev–Trinajstić information content (AvgIpc) is 2.93. The number of aliphatic hydroxyl groups is 1. The van der Waals surface area contributed by atoms with Crippen molar-refractivity contribution in [1.29, 1.82) is 0 Å². The summed E-state index contributed by atoms with van der Waals surface area (Å²) < 4.78 is 23.9. The molecule has 0 aliphatic rings. The van der Waals surface area contributed by atoms with Gasteiger partial charge in [0.1, 0.15) is 18.2 Å². The summed E-state index contributed by atoms with van der Waals surface area (Å²) in [6, 6.07) is 8.16. The van der Waals surface area contributed by atoms with E-state index in [1.807, 2.05) is 0 Å². The molecule has 0 radical (unpaired) electrons. The highest BCUT2D eigenvalue weighted by atomic mass is 79.9. The van der Waals surface area contributed by atoms with Gasteiger partial charge < -0.3 is 19.6 Å². The van der Waals surface area contributed by atoms with Crippen molar-refractivity contribution >= 4 is 21.6 Å². The van der Waals surface area contributed by atoms with Gasteiger partial charge in [0.15, 0.2) is 0 Å². The molecule has 0 saturated heterocycles. The van der Waals surface area contributed by atoms with E-state index in [9.17, 15) is 9.50 Å². The maximum Gasteiger partial charge on any atom is 0.137 e. The Bertz CT molecular complexity index is 533. The Morgan fingerprint density at radius 1 is 1.40 bits per heavy atom. The standard InChI is InChI=1S/C14H15BrFNO3/c15-13-6-10(3-4-14(13)16)17-7-11(18)8-19-9-12-2-1-5-20-12/h1-6,11,17-18H,7-9H2. The van der Waals surface area contributed by atoms with Crippen LogP contribution in [0.1, 0.15) is 5.76 Å². The number of nitrogens with one attached hydrogen (secondary N) is 1. The summed E-state index contributed by atoms with van der Waals surface area (Å²) >= 11 is 3.10. The third-order valence-electron chi connectivity index (χ3n) is 2.60. The molecule has 0 saturated carbocycles.